The molecule has 3 aromatic rings. The number of amides is 1. The molecule has 2 heterocycles. The zero-order chi connectivity index (χ0) is 19.0. The Morgan fingerprint density at radius 2 is 1.77 bits per heavy atom. The van der Waals surface area contributed by atoms with Gasteiger partial charge in [0.05, 0.1) is 11.4 Å². The van der Waals surface area contributed by atoms with E-state index in [0.717, 1.165) is 16.8 Å². The standard InChI is InChI=1S/C19H20N4O2S/c1-9-6-11(3)14(7-10(9)2)15-8-26-19(20-15)21-17(24)16-12(4)13(5)22-23-18(16)25/h6-8H,1-5H3,(H,23,25)(H,20,21,24). The molecular formula is C19H20N4O2S. The average molecular weight is 368 g/mol. The number of rotatable bonds is 3. The first-order chi connectivity index (χ1) is 12.3. The third-order valence-corrected chi connectivity index (χ3v) is 5.30. The van der Waals surface area contributed by atoms with Gasteiger partial charge in [-0.2, -0.15) is 5.10 Å². The predicted molar refractivity (Wildman–Crippen MR) is 104 cm³/mol. The Morgan fingerprint density at radius 3 is 2.50 bits per heavy atom. The number of anilines is 1. The lowest BCUT2D eigenvalue weighted by molar-refractivity contribution is 0.102. The van der Waals surface area contributed by atoms with Gasteiger partial charge in [-0.15, -0.1) is 11.3 Å². The smallest absolute Gasteiger partial charge is 0.277 e. The van der Waals surface area contributed by atoms with E-state index in [9.17, 15) is 9.59 Å². The minimum atomic E-state index is -0.507. The molecule has 0 saturated heterocycles. The topological polar surface area (TPSA) is 87.7 Å². The van der Waals surface area contributed by atoms with E-state index < -0.39 is 11.5 Å². The number of thiazole rings is 1. The van der Waals surface area contributed by atoms with Gasteiger partial charge in [0.15, 0.2) is 5.13 Å². The van der Waals surface area contributed by atoms with Gasteiger partial charge in [0.2, 0.25) is 0 Å². The maximum absolute atomic E-state index is 12.5. The van der Waals surface area contributed by atoms with Gasteiger partial charge >= 0.3 is 0 Å². The number of hydrogen-bond acceptors (Lipinski definition) is 5. The van der Waals surface area contributed by atoms with Gasteiger partial charge in [-0.05, 0) is 62.9 Å². The molecule has 2 N–H and O–H groups in total. The highest BCUT2D eigenvalue weighted by Crippen LogP contribution is 2.29. The van der Waals surface area contributed by atoms with Gasteiger partial charge in [0.25, 0.3) is 11.5 Å². The zero-order valence-electron chi connectivity index (χ0n) is 15.4. The van der Waals surface area contributed by atoms with Gasteiger partial charge in [0.1, 0.15) is 5.56 Å². The van der Waals surface area contributed by atoms with Crippen LogP contribution in [0.25, 0.3) is 11.3 Å². The molecular weight excluding hydrogens is 348 g/mol. The summed E-state index contributed by atoms with van der Waals surface area (Å²) in [4.78, 5) is 29.0. The quantitative estimate of drug-likeness (QED) is 0.738. The number of carbonyl (C=O) groups is 1. The summed E-state index contributed by atoms with van der Waals surface area (Å²) in [6.45, 7) is 9.63. The van der Waals surface area contributed by atoms with Crippen LogP contribution in [-0.2, 0) is 0 Å². The third kappa shape index (κ3) is 3.30. The van der Waals surface area contributed by atoms with E-state index in [4.69, 9.17) is 0 Å². The van der Waals surface area contributed by atoms with Crippen LogP contribution >= 0.6 is 11.3 Å². The molecule has 0 aliphatic carbocycles. The van der Waals surface area contributed by atoms with Crippen LogP contribution in [0.2, 0.25) is 0 Å². The van der Waals surface area contributed by atoms with Crippen molar-refractivity contribution in [3.05, 3.63) is 61.4 Å². The number of aromatic nitrogens is 3. The SMILES string of the molecule is Cc1cc(C)c(-c2csc(NC(=O)c3c(C)c(C)n[nH]c3=O)n2)cc1C. The van der Waals surface area contributed by atoms with E-state index in [-0.39, 0.29) is 5.56 Å². The molecule has 0 saturated carbocycles. The number of carbonyl (C=O) groups excluding carboxylic acids is 1. The molecule has 0 radical (unpaired) electrons. The summed E-state index contributed by atoms with van der Waals surface area (Å²) in [5.74, 6) is -0.480. The number of benzene rings is 1. The van der Waals surface area contributed by atoms with Crippen LogP contribution in [0.3, 0.4) is 0 Å². The molecule has 6 nitrogen and oxygen atoms in total. The molecule has 0 aliphatic rings. The summed E-state index contributed by atoms with van der Waals surface area (Å²) >= 11 is 1.33. The zero-order valence-corrected chi connectivity index (χ0v) is 16.2. The van der Waals surface area contributed by atoms with Crippen molar-refractivity contribution in [3.63, 3.8) is 0 Å². The Morgan fingerprint density at radius 1 is 1.08 bits per heavy atom. The van der Waals surface area contributed by atoms with Crippen molar-refractivity contribution >= 4 is 22.4 Å². The number of nitrogens with one attached hydrogen (secondary N) is 2. The Balaban J connectivity index is 1.90. The molecule has 0 spiro atoms. The normalized spacial score (nSPS) is 10.8. The lowest BCUT2D eigenvalue weighted by Crippen LogP contribution is -2.26. The molecule has 0 aliphatic heterocycles. The Kier molecular flexibility index (Phi) is 4.73. The van der Waals surface area contributed by atoms with E-state index in [1.807, 2.05) is 12.3 Å². The van der Waals surface area contributed by atoms with Crippen LogP contribution in [0, 0.1) is 34.6 Å². The second-order valence-electron chi connectivity index (χ2n) is 6.38. The van der Waals surface area contributed by atoms with Gasteiger partial charge in [0, 0.05) is 10.9 Å². The molecule has 0 unspecified atom stereocenters. The van der Waals surface area contributed by atoms with Crippen molar-refractivity contribution < 1.29 is 4.79 Å². The maximum atomic E-state index is 12.5. The van der Waals surface area contributed by atoms with Crippen LogP contribution in [-0.4, -0.2) is 21.1 Å². The van der Waals surface area contributed by atoms with Crippen molar-refractivity contribution in [3.8, 4) is 11.3 Å². The molecule has 0 atom stereocenters. The largest absolute Gasteiger partial charge is 0.298 e. The first kappa shape index (κ1) is 18.0. The number of H-pyrrole nitrogens is 1. The molecule has 2 aromatic heterocycles. The fourth-order valence-electron chi connectivity index (χ4n) is 2.75. The maximum Gasteiger partial charge on any atom is 0.277 e. The molecule has 134 valence electrons. The Labute approximate surface area is 155 Å². The van der Waals surface area contributed by atoms with E-state index in [1.54, 1.807) is 13.8 Å². The molecule has 0 bridgehead atoms. The first-order valence-corrected chi connectivity index (χ1v) is 9.07. The van der Waals surface area contributed by atoms with Gasteiger partial charge in [-0.3, -0.25) is 14.9 Å². The van der Waals surface area contributed by atoms with E-state index in [2.05, 4.69) is 46.5 Å². The van der Waals surface area contributed by atoms with Crippen LogP contribution in [0.15, 0.2) is 22.3 Å². The number of hydrogen-bond donors (Lipinski definition) is 2. The Bertz CT molecular complexity index is 1070. The molecule has 0 fully saturated rings. The summed E-state index contributed by atoms with van der Waals surface area (Å²) in [5, 5.41) is 11.3. The number of aromatic amines is 1. The first-order valence-electron chi connectivity index (χ1n) is 8.19. The lowest BCUT2D eigenvalue weighted by atomic mass is 9.99. The van der Waals surface area contributed by atoms with Crippen LogP contribution in [0.4, 0.5) is 5.13 Å². The highest BCUT2D eigenvalue weighted by atomic mass is 32.1. The molecule has 1 amide bonds. The summed E-state index contributed by atoms with van der Waals surface area (Å²) in [7, 11) is 0. The summed E-state index contributed by atoms with van der Waals surface area (Å²) in [6, 6.07) is 4.23. The van der Waals surface area contributed by atoms with E-state index in [0.29, 0.717) is 16.4 Å². The van der Waals surface area contributed by atoms with E-state index in [1.165, 1.54) is 22.5 Å². The third-order valence-electron chi connectivity index (χ3n) is 4.54. The summed E-state index contributed by atoms with van der Waals surface area (Å²) < 4.78 is 0. The van der Waals surface area contributed by atoms with Crippen LogP contribution in [0.5, 0.6) is 0 Å². The fourth-order valence-corrected chi connectivity index (χ4v) is 3.46. The molecule has 1 aromatic carbocycles. The highest BCUT2D eigenvalue weighted by molar-refractivity contribution is 7.14. The number of aryl methyl sites for hydroxylation is 4. The minimum absolute atomic E-state index is 0.0663. The summed E-state index contributed by atoms with van der Waals surface area (Å²) in [6.07, 6.45) is 0. The van der Waals surface area contributed by atoms with Crippen molar-refractivity contribution in [2.45, 2.75) is 34.6 Å². The average Bonchev–Trinajstić information content (AvgIpc) is 3.03. The van der Waals surface area contributed by atoms with Crippen molar-refractivity contribution in [2.24, 2.45) is 0 Å². The fraction of sp³-hybridized carbons (Fsp3) is 0.263. The van der Waals surface area contributed by atoms with Crippen LogP contribution in [0.1, 0.15) is 38.3 Å². The molecule has 26 heavy (non-hydrogen) atoms. The van der Waals surface area contributed by atoms with Crippen molar-refractivity contribution in [1.29, 1.82) is 0 Å². The van der Waals surface area contributed by atoms with E-state index >= 15 is 0 Å². The Hall–Kier alpha value is -2.80. The minimum Gasteiger partial charge on any atom is -0.298 e. The molecule has 7 heteroatoms. The van der Waals surface area contributed by atoms with Gasteiger partial charge in [-0.1, -0.05) is 6.07 Å². The second-order valence-corrected chi connectivity index (χ2v) is 7.24. The highest BCUT2D eigenvalue weighted by Gasteiger charge is 2.18. The van der Waals surface area contributed by atoms with Gasteiger partial charge < -0.3 is 0 Å². The monoisotopic (exact) mass is 368 g/mol. The number of nitrogens with zero attached hydrogens (tertiary/aromatic N) is 2. The summed E-state index contributed by atoms with van der Waals surface area (Å²) in [5.41, 5.74) is 6.14. The molecule has 3 rings (SSSR count). The lowest BCUT2D eigenvalue weighted by Gasteiger charge is -2.08. The van der Waals surface area contributed by atoms with Gasteiger partial charge in [-0.25, -0.2) is 10.1 Å². The van der Waals surface area contributed by atoms with Crippen LogP contribution < -0.4 is 10.9 Å². The predicted octanol–water partition coefficient (Wildman–Crippen LogP) is 3.69. The second kappa shape index (κ2) is 6.84. The van der Waals surface area contributed by atoms with Crippen molar-refractivity contribution in [1.82, 2.24) is 15.2 Å². The van der Waals surface area contributed by atoms with Crippen molar-refractivity contribution in [2.75, 3.05) is 5.32 Å².